The molecule has 214 valence electrons. The van der Waals surface area contributed by atoms with Crippen LogP contribution < -0.4 is 38.6 Å². The van der Waals surface area contributed by atoms with Crippen LogP contribution in [0.5, 0.6) is 28.7 Å². The van der Waals surface area contributed by atoms with Crippen LogP contribution in [0.2, 0.25) is 0 Å². The molecule has 1 aliphatic rings. The summed E-state index contributed by atoms with van der Waals surface area (Å²) in [5.41, 5.74) is 1.51. The van der Waals surface area contributed by atoms with E-state index in [0.717, 1.165) is 0 Å². The molecule has 0 aliphatic carbocycles. The van der Waals surface area contributed by atoms with Crippen molar-refractivity contribution in [3.8, 4) is 34.8 Å². The predicted octanol–water partition coefficient (Wildman–Crippen LogP) is 2.74. The SMILES string of the molecule is CCOC(=O)C1=C(C)N=c2s/c(=C\c3ccc(OCC#N)c(OC)c3)c(=O)n2[C@H]1c1cc(OC)c(OC)c(OC)c1. The Bertz CT molecular complexity index is 1710. The Labute approximate surface area is 240 Å². The highest BCUT2D eigenvalue weighted by Crippen LogP contribution is 2.42. The average Bonchev–Trinajstić information content (AvgIpc) is 3.28. The fourth-order valence-electron chi connectivity index (χ4n) is 4.52. The third-order valence-electron chi connectivity index (χ3n) is 6.30. The zero-order valence-corrected chi connectivity index (χ0v) is 24.3. The van der Waals surface area contributed by atoms with Crippen LogP contribution in [0.15, 0.2) is 51.4 Å². The summed E-state index contributed by atoms with van der Waals surface area (Å²) in [6, 6.07) is 9.57. The minimum atomic E-state index is -0.877. The number of nitrogens with zero attached hydrogens (tertiary/aromatic N) is 3. The lowest BCUT2D eigenvalue weighted by atomic mass is 9.95. The molecule has 0 radical (unpaired) electrons. The van der Waals surface area contributed by atoms with Crippen molar-refractivity contribution in [1.29, 1.82) is 5.26 Å². The summed E-state index contributed by atoms with van der Waals surface area (Å²) in [6.45, 7) is 3.44. The molecule has 3 aromatic rings. The predicted molar refractivity (Wildman–Crippen MR) is 151 cm³/mol. The van der Waals surface area contributed by atoms with Crippen molar-refractivity contribution in [3.63, 3.8) is 0 Å². The molecule has 0 amide bonds. The second-order valence-electron chi connectivity index (χ2n) is 8.62. The van der Waals surface area contributed by atoms with E-state index in [-0.39, 0.29) is 24.3 Å². The maximum absolute atomic E-state index is 14.0. The Hall–Kier alpha value is -4.76. The third-order valence-corrected chi connectivity index (χ3v) is 7.28. The van der Waals surface area contributed by atoms with Crippen LogP contribution in [0.25, 0.3) is 6.08 Å². The van der Waals surface area contributed by atoms with Gasteiger partial charge < -0.3 is 28.4 Å². The largest absolute Gasteiger partial charge is 0.493 e. The Kier molecular flexibility index (Phi) is 8.99. The summed E-state index contributed by atoms with van der Waals surface area (Å²) < 4.78 is 34.6. The second kappa shape index (κ2) is 12.6. The lowest BCUT2D eigenvalue weighted by Gasteiger charge is -2.26. The topological polar surface area (TPSA) is 131 Å². The van der Waals surface area contributed by atoms with Gasteiger partial charge >= 0.3 is 5.97 Å². The summed E-state index contributed by atoms with van der Waals surface area (Å²) >= 11 is 1.18. The van der Waals surface area contributed by atoms with Gasteiger partial charge in [-0.1, -0.05) is 17.4 Å². The van der Waals surface area contributed by atoms with Gasteiger partial charge in [0.2, 0.25) is 5.75 Å². The van der Waals surface area contributed by atoms with Crippen molar-refractivity contribution in [2.24, 2.45) is 4.99 Å². The fraction of sp³-hybridized carbons (Fsp3) is 0.310. The Morgan fingerprint density at radius 3 is 2.32 bits per heavy atom. The number of hydrogen-bond acceptors (Lipinski definition) is 11. The fourth-order valence-corrected chi connectivity index (χ4v) is 5.57. The van der Waals surface area contributed by atoms with E-state index in [0.29, 0.717) is 54.9 Å². The Morgan fingerprint density at radius 2 is 1.73 bits per heavy atom. The molecule has 0 saturated heterocycles. The first-order chi connectivity index (χ1) is 19.8. The van der Waals surface area contributed by atoms with E-state index in [9.17, 15) is 9.59 Å². The summed E-state index contributed by atoms with van der Waals surface area (Å²) in [4.78, 5) is 32.2. The monoisotopic (exact) mass is 579 g/mol. The van der Waals surface area contributed by atoms with E-state index in [1.54, 1.807) is 50.3 Å². The highest BCUT2D eigenvalue weighted by atomic mass is 32.1. The summed E-state index contributed by atoms with van der Waals surface area (Å²) in [5, 5.41) is 8.82. The first-order valence-electron chi connectivity index (χ1n) is 12.5. The molecule has 1 atom stereocenters. The van der Waals surface area contributed by atoms with Crippen LogP contribution in [-0.2, 0) is 9.53 Å². The van der Waals surface area contributed by atoms with Crippen molar-refractivity contribution in [2.75, 3.05) is 41.7 Å². The number of rotatable bonds is 10. The lowest BCUT2D eigenvalue weighted by Crippen LogP contribution is -2.40. The van der Waals surface area contributed by atoms with Gasteiger partial charge in [-0.15, -0.1) is 0 Å². The molecule has 1 aromatic heterocycles. The number of esters is 1. The molecule has 2 aromatic carbocycles. The molecule has 0 spiro atoms. The normalized spacial score (nSPS) is 14.5. The minimum absolute atomic E-state index is 0.128. The summed E-state index contributed by atoms with van der Waals surface area (Å²) in [6.07, 6.45) is 1.70. The quantitative estimate of drug-likeness (QED) is 0.333. The molecule has 1 aliphatic heterocycles. The minimum Gasteiger partial charge on any atom is -0.493 e. The van der Waals surface area contributed by atoms with Crippen LogP contribution in [0.3, 0.4) is 0 Å². The van der Waals surface area contributed by atoms with Crippen LogP contribution in [0.4, 0.5) is 0 Å². The van der Waals surface area contributed by atoms with Crippen molar-refractivity contribution in [1.82, 2.24) is 4.57 Å². The van der Waals surface area contributed by atoms with E-state index in [1.165, 1.54) is 44.3 Å². The number of methoxy groups -OCH3 is 4. The maximum atomic E-state index is 14.0. The highest BCUT2D eigenvalue weighted by molar-refractivity contribution is 7.07. The number of thiazole rings is 1. The molecule has 0 bridgehead atoms. The molecule has 4 rings (SSSR count). The molecular weight excluding hydrogens is 550 g/mol. The van der Waals surface area contributed by atoms with E-state index in [4.69, 9.17) is 33.7 Å². The van der Waals surface area contributed by atoms with E-state index in [1.807, 2.05) is 6.07 Å². The Morgan fingerprint density at radius 1 is 1.05 bits per heavy atom. The molecule has 0 saturated carbocycles. The number of hydrogen-bond donors (Lipinski definition) is 0. The van der Waals surface area contributed by atoms with Gasteiger partial charge in [0.15, 0.2) is 34.4 Å². The molecular formula is C29H29N3O8S. The van der Waals surface area contributed by atoms with E-state index in [2.05, 4.69) is 4.99 Å². The number of aromatic nitrogens is 1. The molecule has 0 N–H and O–H groups in total. The van der Waals surface area contributed by atoms with Gasteiger partial charge in [-0.25, -0.2) is 9.79 Å². The van der Waals surface area contributed by atoms with Crippen molar-refractivity contribution in [2.45, 2.75) is 19.9 Å². The van der Waals surface area contributed by atoms with Crippen molar-refractivity contribution >= 4 is 23.4 Å². The number of benzene rings is 2. The van der Waals surface area contributed by atoms with Gasteiger partial charge in [-0.3, -0.25) is 9.36 Å². The first kappa shape index (κ1) is 29.2. The van der Waals surface area contributed by atoms with Gasteiger partial charge in [0.1, 0.15) is 6.07 Å². The third kappa shape index (κ3) is 5.62. The molecule has 2 heterocycles. The van der Waals surface area contributed by atoms with Gasteiger partial charge in [0.25, 0.3) is 5.56 Å². The number of fused-ring (bicyclic) bond motifs is 1. The van der Waals surface area contributed by atoms with Crippen molar-refractivity contribution in [3.05, 3.63) is 72.4 Å². The standard InChI is InChI=1S/C29H29N3O8S/c1-7-39-28(34)24-16(2)31-29-32(25(24)18-14-21(36-4)26(38-6)22(15-18)37-5)27(33)23(41-29)13-17-8-9-19(40-11-10-30)20(12-17)35-3/h8-9,12-15,25H,7,11H2,1-6H3/b23-13-/t25-/m0/s1. The molecule has 0 fully saturated rings. The number of ether oxygens (including phenoxy) is 6. The van der Waals surface area contributed by atoms with Crippen LogP contribution in [-0.4, -0.2) is 52.2 Å². The molecule has 11 nitrogen and oxygen atoms in total. The smallest absolute Gasteiger partial charge is 0.338 e. The second-order valence-corrected chi connectivity index (χ2v) is 9.63. The summed E-state index contributed by atoms with van der Waals surface area (Å²) in [5.74, 6) is 1.35. The zero-order chi connectivity index (χ0) is 29.7. The van der Waals surface area contributed by atoms with Crippen LogP contribution in [0, 0.1) is 11.3 Å². The van der Waals surface area contributed by atoms with Gasteiger partial charge in [-0.2, -0.15) is 5.26 Å². The Balaban J connectivity index is 1.95. The lowest BCUT2D eigenvalue weighted by molar-refractivity contribution is -0.139. The van der Waals surface area contributed by atoms with Crippen molar-refractivity contribution < 1.29 is 33.2 Å². The number of carbonyl (C=O) groups is 1. The van der Waals surface area contributed by atoms with Crippen LogP contribution in [0.1, 0.15) is 31.0 Å². The highest BCUT2D eigenvalue weighted by Gasteiger charge is 2.34. The average molecular weight is 580 g/mol. The van der Waals surface area contributed by atoms with E-state index < -0.39 is 12.0 Å². The molecule has 0 unspecified atom stereocenters. The van der Waals surface area contributed by atoms with E-state index >= 15 is 0 Å². The van der Waals surface area contributed by atoms with Gasteiger partial charge in [0.05, 0.1) is 56.9 Å². The van der Waals surface area contributed by atoms with Gasteiger partial charge in [-0.05, 0) is 55.3 Å². The van der Waals surface area contributed by atoms with Crippen LogP contribution >= 0.6 is 11.3 Å². The first-order valence-corrected chi connectivity index (χ1v) is 13.3. The number of allylic oxidation sites excluding steroid dienone is 1. The maximum Gasteiger partial charge on any atom is 0.338 e. The summed E-state index contributed by atoms with van der Waals surface area (Å²) in [7, 11) is 5.97. The number of nitriles is 1. The molecule has 12 heteroatoms. The molecule has 41 heavy (non-hydrogen) atoms. The number of carbonyl (C=O) groups excluding carboxylic acids is 1. The zero-order valence-electron chi connectivity index (χ0n) is 23.5. The van der Waals surface area contributed by atoms with Gasteiger partial charge in [0, 0.05) is 0 Å².